The van der Waals surface area contributed by atoms with Gasteiger partial charge in [0.25, 0.3) is 0 Å². The van der Waals surface area contributed by atoms with Crippen LogP contribution in [-0.2, 0) is 0 Å². The molecule has 0 spiro atoms. The third-order valence-corrected chi connectivity index (χ3v) is 1.75. The van der Waals surface area contributed by atoms with Crippen molar-refractivity contribution in [2.24, 2.45) is 5.73 Å². The van der Waals surface area contributed by atoms with Crippen molar-refractivity contribution in [1.82, 2.24) is 0 Å². The van der Waals surface area contributed by atoms with Crippen LogP contribution in [0.3, 0.4) is 0 Å². The summed E-state index contributed by atoms with van der Waals surface area (Å²) in [6.07, 6.45) is 7.47. The van der Waals surface area contributed by atoms with Gasteiger partial charge in [0.2, 0.25) is 0 Å². The summed E-state index contributed by atoms with van der Waals surface area (Å²) in [5.41, 5.74) is 5.18. The SMILES string of the molecule is CCCCCCCC#CC#CCN. The van der Waals surface area contributed by atoms with Gasteiger partial charge in [-0.1, -0.05) is 44.4 Å². The molecule has 0 aromatic carbocycles. The lowest BCUT2D eigenvalue weighted by molar-refractivity contribution is 0.641. The fourth-order valence-electron chi connectivity index (χ4n) is 1.02. The van der Waals surface area contributed by atoms with E-state index < -0.39 is 0 Å². The molecule has 2 N–H and O–H groups in total. The van der Waals surface area contributed by atoms with Crippen molar-refractivity contribution in [2.75, 3.05) is 6.54 Å². The molecule has 0 saturated heterocycles. The van der Waals surface area contributed by atoms with E-state index in [0.29, 0.717) is 6.54 Å². The van der Waals surface area contributed by atoms with Crippen molar-refractivity contribution >= 4 is 0 Å². The van der Waals surface area contributed by atoms with E-state index in [-0.39, 0.29) is 0 Å². The number of hydrogen-bond donors (Lipinski definition) is 1. The minimum atomic E-state index is 0.408. The van der Waals surface area contributed by atoms with Crippen LogP contribution < -0.4 is 5.73 Å². The molecule has 0 fully saturated rings. The average Bonchev–Trinajstić information content (AvgIpc) is 2.16. The van der Waals surface area contributed by atoms with Gasteiger partial charge >= 0.3 is 0 Å². The maximum atomic E-state index is 5.18. The number of hydrogen-bond acceptors (Lipinski definition) is 1. The Morgan fingerprint density at radius 3 is 2.31 bits per heavy atom. The molecule has 0 heterocycles. The standard InChI is InChI=1S/C12H19N/c1-2-3-4-5-6-7-8-9-10-11-12-13/h2-7,12-13H2,1H3. The van der Waals surface area contributed by atoms with Gasteiger partial charge in [-0.25, -0.2) is 0 Å². The molecule has 0 bridgehead atoms. The molecule has 1 heteroatoms. The second-order valence-corrected chi connectivity index (χ2v) is 2.97. The largest absolute Gasteiger partial charge is 0.320 e. The highest BCUT2D eigenvalue weighted by atomic mass is 14.5. The zero-order chi connectivity index (χ0) is 9.78. The van der Waals surface area contributed by atoms with E-state index in [1.54, 1.807) is 0 Å². The van der Waals surface area contributed by atoms with E-state index in [1.165, 1.54) is 32.1 Å². The van der Waals surface area contributed by atoms with Crippen LogP contribution in [-0.4, -0.2) is 6.54 Å². The topological polar surface area (TPSA) is 26.0 Å². The highest BCUT2D eigenvalue weighted by molar-refractivity contribution is 5.25. The summed E-state index contributed by atoms with van der Waals surface area (Å²) >= 11 is 0. The first-order valence-electron chi connectivity index (χ1n) is 5.07. The molecule has 0 unspecified atom stereocenters. The second kappa shape index (κ2) is 11.1. The fourth-order valence-corrected chi connectivity index (χ4v) is 1.02. The molecular weight excluding hydrogens is 158 g/mol. The lowest BCUT2D eigenvalue weighted by Gasteiger charge is -1.93. The van der Waals surface area contributed by atoms with Crippen LogP contribution in [0.4, 0.5) is 0 Å². The predicted octanol–water partition coefficient (Wildman–Crippen LogP) is 2.31. The zero-order valence-corrected chi connectivity index (χ0v) is 8.53. The van der Waals surface area contributed by atoms with E-state index in [2.05, 4.69) is 30.6 Å². The molecule has 0 saturated carbocycles. The molecule has 0 aliphatic carbocycles. The Hall–Kier alpha value is -0.920. The first kappa shape index (κ1) is 12.1. The van der Waals surface area contributed by atoms with Crippen molar-refractivity contribution in [3.05, 3.63) is 0 Å². The fraction of sp³-hybridized carbons (Fsp3) is 0.667. The van der Waals surface area contributed by atoms with E-state index in [0.717, 1.165) is 6.42 Å². The van der Waals surface area contributed by atoms with Gasteiger partial charge in [-0.15, -0.1) is 0 Å². The highest BCUT2D eigenvalue weighted by Gasteiger charge is 1.85. The van der Waals surface area contributed by atoms with Crippen LogP contribution in [0.15, 0.2) is 0 Å². The maximum Gasteiger partial charge on any atom is 0.0561 e. The molecule has 0 amide bonds. The van der Waals surface area contributed by atoms with Crippen LogP contribution >= 0.6 is 0 Å². The van der Waals surface area contributed by atoms with Crippen LogP contribution in [0.1, 0.15) is 45.4 Å². The van der Waals surface area contributed by atoms with Gasteiger partial charge in [0.1, 0.15) is 0 Å². The van der Waals surface area contributed by atoms with E-state index in [4.69, 9.17) is 5.73 Å². The van der Waals surface area contributed by atoms with Gasteiger partial charge in [-0.3, -0.25) is 0 Å². The number of nitrogens with two attached hydrogens (primary N) is 1. The third-order valence-electron chi connectivity index (χ3n) is 1.75. The van der Waals surface area contributed by atoms with Gasteiger partial charge in [0, 0.05) is 6.42 Å². The Labute approximate surface area is 82.1 Å². The lowest BCUT2D eigenvalue weighted by Crippen LogP contribution is -1.92. The Balaban J connectivity index is 3.18. The van der Waals surface area contributed by atoms with Crippen LogP contribution in [0.5, 0.6) is 0 Å². The van der Waals surface area contributed by atoms with Crippen molar-refractivity contribution in [1.29, 1.82) is 0 Å². The normalized spacial score (nSPS) is 8.15. The second-order valence-electron chi connectivity index (χ2n) is 2.97. The molecule has 0 aliphatic rings. The van der Waals surface area contributed by atoms with Gasteiger partial charge in [0.05, 0.1) is 6.54 Å². The van der Waals surface area contributed by atoms with Gasteiger partial charge in [-0.05, 0) is 18.3 Å². The molecule has 0 atom stereocenters. The first-order chi connectivity index (χ1) is 6.41. The minimum Gasteiger partial charge on any atom is -0.320 e. The highest BCUT2D eigenvalue weighted by Crippen LogP contribution is 2.03. The third kappa shape index (κ3) is 11.1. The molecule has 72 valence electrons. The molecule has 13 heavy (non-hydrogen) atoms. The van der Waals surface area contributed by atoms with Crippen molar-refractivity contribution < 1.29 is 0 Å². The summed E-state index contributed by atoms with van der Waals surface area (Å²) in [7, 11) is 0. The quantitative estimate of drug-likeness (QED) is 0.506. The van der Waals surface area contributed by atoms with Gasteiger partial charge < -0.3 is 5.73 Å². The van der Waals surface area contributed by atoms with Gasteiger partial charge in [-0.2, -0.15) is 0 Å². The van der Waals surface area contributed by atoms with Crippen molar-refractivity contribution in [2.45, 2.75) is 45.4 Å². The Bertz CT molecular complexity index is 209. The van der Waals surface area contributed by atoms with E-state index in [9.17, 15) is 0 Å². The molecule has 0 aromatic rings. The average molecular weight is 177 g/mol. The molecular formula is C12H19N. The summed E-state index contributed by atoms with van der Waals surface area (Å²) in [5.74, 6) is 11.2. The first-order valence-corrected chi connectivity index (χ1v) is 5.07. The summed E-state index contributed by atoms with van der Waals surface area (Å²) in [4.78, 5) is 0. The molecule has 0 aliphatic heterocycles. The van der Waals surface area contributed by atoms with Crippen molar-refractivity contribution in [3.63, 3.8) is 0 Å². The molecule has 0 rings (SSSR count). The van der Waals surface area contributed by atoms with E-state index >= 15 is 0 Å². The molecule has 1 nitrogen and oxygen atoms in total. The Morgan fingerprint density at radius 2 is 1.62 bits per heavy atom. The predicted molar refractivity (Wildman–Crippen MR) is 58.0 cm³/mol. The Morgan fingerprint density at radius 1 is 0.923 bits per heavy atom. The molecule has 0 radical (unpaired) electrons. The van der Waals surface area contributed by atoms with Crippen LogP contribution in [0.2, 0.25) is 0 Å². The maximum absolute atomic E-state index is 5.18. The minimum absolute atomic E-state index is 0.408. The number of rotatable bonds is 5. The van der Waals surface area contributed by atoms with Gasteiger partial charge in [0.15, 0.2) is 0 Å². The molecule has 0 aromatic heterocycles. The smallest absolute Gasteiger partial charge is 0.0561 e. The van der Waals surface area contributed by atoms with E-state index in [1.807, 2.05) is 0 Å². The monoisotopic (exact) mass is 177 g/mol. The summed E-state index contributed by atoms with van der Waals surface area (Å²) < 4.78 is 0. The number of unbranched alkanes of at least 4 members (excludes halogenated alkanes) is 5. The van der Waals surface area contributed by atoms with Crippen molar-refractivity contribution in [3.8, 4) is 23.7 Å². The zero-order valence-electron chi connectivity index (χ0n) is 8.53. The van der Waals surface area contributed by atoms with Crippen LogP contribution in [0.25, 0.3) is 0 Å². The summed E-state index contributed by atoms with van der Waals surface area (Å²) in [6, 6.07) is 0. The summed E-state index contributed by atoms with van der Waals surface area (Å²) in [6.45, 7) is 2.63. The van der Waals surface area contributed by atoms with Crippen LogP contribution in [0, 0.1) is 23.7 Å². The Kier molecular flexibility index (Phi) is 10.3. The lowest BCUT2D eigenvalue weighted by atomic mass is 10.1. The summed E-state index contributed by atoms with van der Waals surface area (Å²) in [5, 5.41) is 0.